The number of anilines is 1. The van der Waals surface area contributed by atoms with Crippen molar-refractivity contribution in [2.75, 3.05) is 26.0 Å². The third-order valence-corrected chi connectivity index (χ3v) is 5.87. The van der Waals surface area contributed by atoms with Crippen LogP contribution in [0.1, 0.15) is 38.3 Å². The van der Waals surface area contributed by atoms with Crippen LogP contribution in [0.3, 0.4) is 0 Å². The average molecular weight is 468 g/mol. The second-order valence-electron chi connectivity index (χ2n) is 8.24. The molecule has 0 radical (unpaired) electrons. The molecule has 8 N–H and O–H groups in total. The van der Waals surface area contributed by atoms with Crippen molar-refractivity contribution in [3.63, 3.8) is 0 Å². The average Bonchev–Trinajstić information content (AvgIpc) is 3.34. The molecule has 0 saturated carbocycles. The van der Waals surface area contributed by atoms with Crippen molar-refractivity contribution in [1.82, 2.24) is 24.8 Å². The van der Waals surface area contributed by atoms with Gasteiger partial charge in [0.25, 0.3) is 0 Å². The van der Waals surface area contributed by atoms with E-state index in [1.807, 2.05) is 0 Å². The van der Waals surface area contributed by atoms with E-state index in [9.17, 15) is 15.0 Å². The van der Waals surface area contributed by atoms with Gasteiger partial charge in [-0.3, -0.25) is 9.36 Å². The minimum atomic E-state index is -1.22. The summed E-state index contributed by atoms with van der Waals surface area (Å²) >= 11 is 0. The Hall–Kier alpha value is -2.42. The fourth-order valence-corrected chi connectivity index (χ4v) is 3.98. The second-order valence-corrected chi connectivity index (χ2v) is 8.24. The molecule has 3 rings (SSSR count). The SMILES string of the molecule is COCCCCNC(CCC(N)C(=O)O)CC1OC(n2cnc3c(N)ncnc32)C(O)C1O. The number of hydrogen-bond donors (Lipinski definition) is 6. The smallest absolute Gasteiger partial charge is 0.320 e. The zero-order valence-electron chi connectivity index (χ0n) is 18.6. The lowest BCUT2D eigenvalue weighted by atomic mass is 9.97. The number of carboxylic acids is 1. The van der Waals surface area contributed by atoms with Gasteiger partial charge in [0.15, 0.2) is 17.7 Å². The maximum Gasteiger partial charge on any atom is 0.320 e. The first-order chi connectivity index (χ1) is 15.8. The molecule has 33 heavy (non-hydrogen) atoms. The zero-order valence-corrected chi connectivity index (χ0v) is 18.6. The van der Waals surface area contributed by atoms with Crippen molar-refractivity contribution in [1.29, 1.82) is 0 Å². The summed E-state index contributed by atoms with van der Waals surface area (Å²) < 4.78 is 12.6. The monoisotopic (exact) mass is 467 g/mol. The van der Waals surface area contributed by atoms with Crippen LogP contribution in [0.5, 0.6) is 0 Å². The first-order valence-electron chi connectivity index (χ1n) is 11.0. The Kier molecular flexibility index (Phi) is 8.88. The number of ether oxygens (including phenoxy) is 2. The number of aliphatic carboxylic acids is 1. The molecule has 0 spiro atoms. The number of nitrogens with two attached hydrogens (primary N) is 2. The number of hydrogen-bond acceptors (Lipinski definition) is 11. The summed E-state index contributed by atoms with van der Waals surface area (Å²) in [5.41, 5.74) is 12.3. The van der Waals surface area contributed by atoms with E-state index < -0.39 is 36.6 Å². The number of nitrogens with zero attached hydrogens (tertiary/aromatic N) is 4. The number of methoxy groups -OCH3 is 1. The summed E-state index contributed by atoms with van der Waals surface area (Å²) in [5, 5.41) is 33.8. The van der Waals surface area contributed by atoms with E-state index in [1.165, 1.54) is 17.2 Å². The molecule has 0 amide bonds. The van der Waals surface area contributed by atoms with Crippen LogP contribution in [-0.4, -0.2) is 91.5 Å². The molecule has 1 saturated heterocycles. The molecule has 0 aliphatic carbocycles. The minimum absolute atomic E-state index is 0.166. The van der Waals surface area contributed by atoms with Gasteiger partial charge in [0.1, 0.15) is 30.1 Å². The van der Waals surface area contributed by atoms with Crippen LogP contribution < -0.4 is 16.8 Å². The third kappa shape index (κ3) is 6.13. The van der Waals surface area contributed by atoms with Crippen LogP contribution in [0.4, 0.5) is 5.82 Å². The number of carboxylic acid groups (broad SMARTS) is 1. The number of aromatic nitrogens is 4. The highest BCUT2D eigenvalue weighted by atomic mass is 16.6. The molecule has 2 aromatic heterocycles. The highest BCUT2D eigenvalue weighted by Crippen LogP contribution is 2.34. The third-order valence-electron chi connectivity index (χ3n) is 5.87. The zero-order chi connectivity index (χ0) is 24.0. The molecule has 13 heteroatoms. The molecule has 184 valence electrons. The molecule has 0 aromatic carbocycles. The molecule has 1 aliphatic heterocycles. The van der Waals surface area contributed by atoms with Crippen molar-refractivity contribution in [3.8, 4) is 0 Å². The Morgan fingerprint density at radius 2 is 2.06 bits per heavy atom. The van der Waals surface area contributed by atoms with Gasteiger partial charge in [-0.25, -0.2) is 15.0 Å². The maximum absolute atomic E-state index is 11.1. The first kappa shape index (κ1) is 25.2. The lowest BCUT2D eigenvalue weighted by molar-refractivity contribution is -0.138. The number of imidazole rings is 1. The number of nitrogens with one attached hydrogen (secondary N) is 1. The molecule has 6 atom stereocenters. The summed E-state index contributed by atoms with van der Waals surface area (Å²) in [6.45, 7) is 1.34. The highest BCUT2D eigenvalue weighted by Gasteiger charge is 2.45. The van der Waals surface area contributed by atoms with Gasteiger partial charge >= 0.3 is 5.97 Å². The fraction of sp³-hybridized carbons (Fsp3) is 0.700. The van der Waals surface area contributed by atoms with Gasteiger partial charge in [-0.15, -0.1) is 0 Å². The van der Waals surface area contributed by atoms with Crippen LogP contribution in [0.25, 0.3) is 11.2 Å². The van der Waals surface area contributed by atoms with Crippen molar-refractivity contribution in [2.24, 2.45) is 5.73 Å². The summed E-state index contributed by atoms with van der Waals surface area (Å²) in [7, 11) is 1.65. The van der Waals surface area contributed by atoms with Crippen LogP contribution in [0.15, 0.2) is 12.7 Å². The molecular weight excluding hydrogens is 434 g/mol. The second kappa shape index (κ2) is 11.6. The normalized spacial score (nSPS) is 24.8. The van der Waals surface area contributed by atoms with Gasteiger partial charge in [-0.2, -0.15) is 0 Å². The molecule has 6 unspecified atom stereocenters. The summed E-state index contributed by atoms with van der Waals surface area (Å²) in [6, 6.07) is -1.14. The van der Waals surface area contributed by atoms with Gasteiger partial charge in [-0.1, -0.05) is 0 Å². The van der Waals surface area contributed by atoms with E-state index in [0.717, 1.165) is 12.8 Å². The molecule has 1 fully saturated rings. The Labute approximate surface area is 191 Å². The number of carbonyl (C=O) groups is 1. The molecule has 13 nitrogen and oxygen atoms in total. The minimum Gasteiger partial charge on any atom is -0.480 e. The Bertz CT molecular complexity index is 912. The van der Waals surface area contributed by atoms with E-state index in [4.69, 9.17) is 26.0 Å². The number of aliphatic hydroxyl groups is 2. The molecule has 1 aliphatic rings. The fourth-order valence-electron chi connectivity index (χ4n) is 3.98. The van der Waals surface area contributed by atoms with Gasteiger partial charge < -0.3 is 41.6 Å². The Morgan fingerprint density at radius 1 is 1.27 bits per heavy atom. The van der Waals surface area contributed by atoms with Gasteiger partial charge in [-0.05, 0) is 38.6 Å². The largest absolute Gasteiger partial charge is 0.480 e. The van der Waals surface area contributed by atoms with E-state index in [2.05, 4.69) is 20.3 Å². The quantitative estimate of drug-likeness (QED) is 0.196. The predicted octanol–water partition coefficient (Wildman–Crippen LogP) is -1.01. The number of fused-ring (bicyclic) bond motifs is 1. The van der Waals surface area contributed by atoms with E-state index in [0.29, 0.717) is 37.2 Å². The summed E-state index contributed by atoms with van der Waals surface area (Å²) in [4.78, 5) is 23.4. The van der Waals surface area contributed by atoms with E-state index in [-0.39, 0.29) is 18.3 Å². The Balaban J connectivity index is 1.67. The lowest BCUT2D eigenvalue weighted by Gasteiger charge is -2.24. The number of unbranched alkanes of at least 4 members (excludes halogenated alkanes) is 1. The van der Waals surface area contributed by atoms with E-state index in [1.54, 1.807) is 7.11 Å². The number of rotatable bonds is 13. The van der Waals surface area contributed by atoms with Crippen LogP contribution >= 0.6 is 0 Å². The molecule has 0 bridgehead atoms. The predicted molar refractivity (Wildman–Crippen MR) is 118 cm³/mol. The van der Waals surface area contributed by atoms with Crippen LogP contribution in [-0.2, 0) is 14.3 Å². The lowest BCUT2D eigenvalue weighted by Crippen LogP contribution is -2.40. The van der Waals surface area contributed by atoms with Crippen molar-refractivity contribution >= 4 is 23.0 Å². The Morgan fingerprint density at radius 3 is 2.79 bits per heavy atom. The van der Waals surface area contributed by atoms with Crippen molar-refractivity contribution in [2.45, 2.75) is 68.7 Å². The van der Waals surface area contributed by atoms with Gasteiger partial charge in [0.2, 0.25) is 0 Å². The van der Waals surface area contributed by atoms with Crippen LogP contribution in [0.2, 0.25) is 0 Å². The maximum atomic E-state index is 11.1. The van der Waals surface area contributed by atoms with Crippen LogP contribution in [0, 0.1) is 0 Å². The number of nitrogen functional groups attached to an aromatic ring is 1. The van der Waals surface area contributed by atoms with Crippen molar-refractivity contribution < 1.29 is 29.6 Å². The number of aliphatic hydroxyl groups excluding tert-OH is 2. The summed E-state index contributed by atoms with van der Waals surface area (Å²) in [5.74, 6) is -0.856. The standard InChI is InChI=1S/C20H33N7O6/c1-32-7-3-2-6-23-11(4-5-12(21)20(30)31)8-13-15(28)16(29)19(33-13)27-10-26-14-17(22)24-9-25-18(14)27/h9-13,15-16,19,23,28-29H,2-8,21H2,1H3,(H,30,31)(H2,22,24,25). The molecule has 2 aromatic rings. The topological polar surface area (TPSA) is 204 Å². The first-order valence-corrected chi connectivity index (χ1v) is 11.0. The summed E-state index contributed by atoms with van der Waals surface area (Å²) in [6.07, 6.45) is 1.61. The van der Waals surface area contributed by atoms with Crippen molar-refractivity contribution in [3.05, 3.63) is 12.7 Å². The molecular formula is C20H33N7O6. The van der Waals surface area contributed by atoms with Gasteiger partial charge in [0.05, 0.1) is 12.4 Å². The molecule has 3 heterocycles. The van der Waals surface area contributed by atoms with E-state index >= 15 is 0 Å². The van der Waals surface area contributed by atoms with Gasteiger partial charge in [0, 0.05) is 19.8 Å². The highest BCUT2D eigenvalue weighted by molar-refractivity contribution is 5.81.